The van der Waals surface area contributed by atoms with Crippen LogP contribution < -0.4 is 9.64 Å². The van der Waals surface area contributed by atoms with Gasteiger partial charge < -0.3 is 24.3 Å². The van der Waals surface area contributed by atoms with Gasteiger partial charge in [-0.15, -0.1) is 11.3 Å². The van der Waals surface area contributed by atoms with Crippen molar-refractivity contribution in [3.05, 3.63) is 22.8 Å². The number of rotatable bonds is 8. The number of thiophene rings is 1. The summed E-state index contributed by atoms with van der Waals surface area (Å²) < 4.78 is 11.8. The predicted molar refractivity (Wildman–Crippen MR) is 137 cm³/mol. The molecule has 192 valence electrons. The quantitative estimate of drug-likeness (QED) is 0.434. The van der Waals surface area contributed by atoms with E-state index in [9.17, 15) is 9.90 Å². The van der Waals surface area contributed by atoms with Gasteiger partial charge in [0.2, 0.25) is 0 Å². The Hall–Kier alpha value is -2.77. The molecule has 2 fully saturated rings. The number of aliphatic hydroxyl groups is 1. The van der Waals surface area contributed by atoms with E-state index in [1.165, 1.54) is 10.4 Å². The first-order valence-electron chi connectivity index (χ1n) is 12.1. The summed E-state index contributed by atoms with van der Waals surface area (Å²) in [7, 11) is 1.54. The minimum Gasteiger partial charge on any atom is -0.467 e. The molecule has 0 aromatic carbocycles. The average Bonchev–Trinajstić information content (AvgIpc) is 3.24. The minimum atomic E-state index is -0.913. The molecule has 1 N–H and O–H groups in total. The first-order chi connectivity index (χ1) is 17.6. The summed E-state index contributed by atoms with van der Waals surface area (Å²) in [6.45, 7) is 9.71. The van der Waals surface area contributed by atoms with E-state index in [1.807, 2.05) is 0 Å². The van der Waals surface area contributed by atoms with Crippen LogP contribution in [0, 0.1) is 6.92 Å². The van der Waals surface area contributed by atoms with Gasteiger partial charge in [0.25, 0.3) is 0 Å². The lowest BCUT2D eigenvalue weighted by molar-refractivity contribution is -0.115. The summed E-state index contributed by atoms with van der Waals surface area (Å²) >= 11 is 1.76. The Morgan fingerprint density at radius 3 is 2.47 bits per heavy atom. The van der Waals surface area contributed by atoms with Gasteiger partial charge in [-0.25, -0.2) is 19.9 Å². The van der Waals surface area contributed by atoms with E-state index in [1.54, 1.807) is 30.8 Å². The number of carbonyl (C=O) groups excluding carboxylic acids is 1. The normalized spacial score (nSPS) is 18.5. The Bertz CT molecular complexity index is 1190. The van der Waals surface area contributed by atoms with E-state index in [2.05, 4.69) is 31.6 Å². The average molecular weight is 514 g/mol. The van der Waals surface area contributed by atoms with Gasteiger partial charge in [-0.3, -0.25) is 9.80 Å². The van der Waals surface area contributed by atoms with E-state index in [0.29, 0.717) is 37.9 Å². The number of β-amino-alcohol motifs (C(OH)–C–C–N with tert-alkyl or cyclic N) is 1. The fourth-order valence-electron chi connectivity index (χ4n) is 4.57. The number of hydrogen-bond acceptors (Lipinski definition) is 12. The van der Waals surface area contributed by atoms with E-state index in [0.717, 1.165) is 67.4 Å². The molecule has 0 spiro atoms. The molecule has 0 unspecified atom stereocenters. The Morgan fingerprint density at radius 2 is 1.81 bits per heavy atom. The molecule has 0 radical (unpaired) electrons. The highest BCUT2D eigenvalue weighted by molar-refractivity contribution is 7.19. The Kier molecular flexibility index (Phi) is 7.67. The van der Waals surface area contributed by atoms with Crippen molar-refractivity contribution in [3.8, 4) is 17.4 Å². The molecule has 3 aromatic heterocycles. The molecule has 5 heterocycles. The molecule has 11 nitrogen and oxygen atoms in total. The first-order valence-corrected chi connectivity index (χ1v) is 12.9. The van der Waals surface area contributed by atoms with Crippen molar-refractivity contribution in [2.75, 3.05) is 71.0 Å². The topological polar surface area (TPSA) is 117 Å². The van der Waals surface area contributed by atoms with Crippen molar-refractivity contribution in [1.82, 2.24) is 29.7 Å². The first kappa shape index (κ1) is 24.9. The van der Waals surface area contributed by atoms with Crippen molar-refractivity contribution in [2.24, 2.45) is 0 Å². The van der Waals surface area contributed by atoms with Crippen LogP contribution in [0.3, 0.4) is 0 Å². The number of carbonyl (C=O) groups is 1. The van der Waals surface area contributed by atoms with Crippen molar-refractivity contribution in [3.63, 3.8) is 0 Å². The zero-order chi connectivity index (χ0) is 25.1. The van der Waals surface area contributed by atoms with Crippen LogP contribution in [-0.2, 0) is 16.1 Å². The van der Waals surface area contributed by atoms with Gasteiger partial charge in [-0.2, -0.15) is 0 Å². The molecule has 5 rings (SSSR count). The molecule has 0 aliphatic carbocycles. The Labute approximate surface area is 213 Å². The maximum absolute atomic E-state index is 10.8. The third-order valence-electron chi connectivity index (χ3n) is 6.66. The molecule has 36 heavy (non-hydrogen) atoms. The highest BCUT2D eigenvalue weighted by Crippen LogP contribution is 2.38. The second kappa shape index (κ2) is 11.1. The van der Waals surface area contributed by atoms with Gasteiger partial charge in [0, 0.05) is 69.6 Å². The van der Waals surface area contributed by atoms with Crippen LogP contribution in [0.5, 0.6) is 6.01 Å². The number of aldehydes is 1. The van der Waals surface area contributed by atoms with Crippen LogP contribution in [0.25, 0.3) is 21.6 Å². The van der Waals surface area contributed by atoms with Crippen molar-refractivity contribution in [2.45, 2.75) is 19.6 Å². The summed E-state index contributed by atoms with van der Waals surface area (Å²) in [5.74, 6) is 1.53. The molecule has 0 bridgehead atoms. The zero-order valence-electron chi connectivity index (χ0n) is 20.6. The molecule has 1 atom stereocenters. The lowest BCUT2D eigenvalue weighted by Gasteiger charge is -2.34. The number of hydrogen-bond donors (Lipinski definition) is 1. The SMILES string of the molecule is COc1ncc(-c2nc(N3CCOCC3)c3sc(CN4CCN(C[C@H](O)C=O)CC4)c(C)c3n2)cn1. The highest BCUT2D eigenvalue weighted by atomic mass is 32.1. The van der Waals surface area contributed by atoms with Crippen LogP contribution in [0.4, 0.5) is 5.82 Å². The summed E-state index contributed by atoms with van der Waals surface area (Å²) in [6, 6.07) is 0.308. The summed E-state index contributed by atoms with van der Waals surface area (Å²) in [5.41, 5.74) is 2.87. The molecule has 0 amide bonds. The second-order valence-corrected chi connectivity index (χ2v) is 10.1. The van der Waals surface area contributed by atoms with Crippen molar-refractivity contribution >= 4 is 33.7 Å². The maximum atomic E-state index is 10.8. The van der Waals surface area contributed by atoms with E-state index < -0.39 is 6.10 Å². The third-order valence-corrected chi connectivity index (χ3v) is 7.92. The standard InChI is InChI=1S/C24H31N7O4S/c1-16-19(14-30-5-3-29(4-6-30)13-18(33)15-32)36-21-20(16)27-22(17-11-25-24(34-2)26-12-17)28-23(21)31-7-9-35-10-8-31/h11-12,15,18,33H,3-10,13-14H2,1-2H3/t18-/m0/s1. The number of aryl methyl sites for hydroxylation is 1. The fourth-order valence-corrected chi connectivity index (χ4v) is 5.87. The lowest BCUT2D eigenvalue weighted by atomic mass is 10.2. The number of morpholine rings is 1. The van der Waals surface area contributed by atoms with Gasteiger partial charge in [0.1, 0.15) is 12.4 Å². The van der Waals surface area contributed by atoms with Gasteiger partial charge in [-0.05, 0) is 12.5 Å². The summed E-state index contributed by atoms with van der Waals surface area (Å²) in [5, 5.41) is 9.63. The van der Waals surface area contributed by atoms with Crippen LogP contribution in [0.1, 0.15) is 10.4 Å². The van der Waals surface area contributed by atoms with Gasteiger partial charge in [0.05, 0.1) is 36.1 Å². The van der Waals surface area contributed by atoms with Crippen LogP contribution in [0.2, 0.25) is 0 Å². The highest BCUT2D eigenvalue weighted by Gasteiger charge is 2.25. The number of aromatic nitrogens is 4. The Balaban J connectivity index is 1.43. The molecule has 2 aliphatic heterocycles. The van der Waals surface area contributed by atoms with Crippen LogP contribution in [-0.4, -0.2) is 113 Å². The summed E-state index contributed by atoms with van der Waals surface area (Å²) in [6.07, 6.45) is 3.08. The number of nitrogens with zero attached hydrogens (tertiary/aromatic N) is 7. The smallest absolute Gasteiger partial charge is 0.316 e. The number of piperazine rings is 1. The molecule has 12 heteroatoms. The minimum absolute atomic E-state index is 0.308. The number of ether oxygens (including phenoxy) is 2. The second-order valence-electron chi connectivity index (χ2n) is 9.04. The maximum Gasteiger partial charge on any atom is 0.316 e. The van der Waals surface area contributed by atoms with Gasteiger partial charge in [0.15, 0.2) is 11.6 Å². The third kappa shape index (κ3) is 5.32. The van der Waals surface area contributed by atoms with Crippen LogP contribution in [0.15, 0.2) is 12.4 Å². The monoisotopic (exact) mass is 513 g/mol. The molecule has 2 saturated heterocycles. The zero-order valence-corrected chi connectivity index (χ0v) is 21.4. The molecule has 0 saturated carbocycles. The number of methoxy groups -OCH3 is 1. The van der Waals surface area contributed by atoms with E-state index in [-0.39, 0.29) is 0 Å². The molecular weight excluding hydrogens is 482 g/mol. The molecule has 3 aromatic rings. The number of anilines is 1. The van der Waals surface area contributed by atoms with Crippen molar-refractivity contribution < 1.29 is 19.4 Å². The largest absolute Gasteiger partial charge is 0.467 e. The summed E-state index contributed by atoms with van der Waals surface area (Å²) in [4.78, 5) is 37.3. The lowest BCUT2D eigenvalue weighted by Crippen LogP contribution is -2.48. The van der Waals surface area contributed by atoms with Gasteiger partial charge >= 0.3 is 6.01 Å². The predicted octanol–water partition coefficient (Wildman–Crippen LogP) is 0.979. The number of aliphatic hydroxyl groups excluding tert-OH is 1. The molecular formula is C24H31N7O4S. The van der Waals surface area contributed by atoms with E-state index in [4.69, 9.17) is 19.4 Å². The van der Waals surface area contributed by atoms with Crippen molar-refractivity contribution in [1.29, 1.82) is 0 Å². The number of fused-ring (bicyclic) bond motifs is 1. The van der Waals surface area contributed by atoms with Gasteiger partial charge in [-0.1, -0.05) is 0 Å². The fraction of sp³-hybridized carbons (Fsp3) is 0.542. The molecule has 2 aliphatic rings. The van der Waals surface area contributed by atoms with E-state index >= 15 is 0 Å². The Morgan fingerprint density at radius 1 is 1.11 bits per heavy atom. The van der Waals surface area contributed by atoms with Crippen LogP contribution >= 0.6 is 11.3 Å².